The molecule has 94 valence electrons. The summed E-state index contributed by atoms with van der Waals surface area (Å²) < 4.78 is 0. The van der Waals surface area contributed by atoms with E-state index in [1.54, 1.807) is 0 Å². The van der Waals surface area contributed by atoms with Gasteiger partial charge in [0.05, 0.1) is 0 Å². The summed E-state index contributed by atoms with van der Waals surface area (Å²) in [6.45, 7) is 6.56. The third-order valence-electron chi connectivity index (χ3n) is 4.10. The summed E-state index contributed by atoms with van der Waals surface area (Å²) in [6.07, 6.45) is 7.21. The molecule has 1 heteroatoms. The van der Waals surface area contributed by atoms with Gasteiger partial charge in [-0.25, -0.2) is 0 Å². The maximum absolute atomic E-state index is 3.58. The van der Waals surface area contributed by atoms with Crippen LogP contribution in [0.3, 0.4) is 0 Å². The second kappa shape index (κ2) is 6.20. The van der Waals surface area contributed by atoms with E-state index in [2.05, 4.69) is 37.4 Å². The van der Waals surface area contributed by atoms with E-state index in [4.69, 9.17) is 0 Å². The number of nitrogens with one attached hydrogen (secondary N) is 1. The molecule has 1 fully saturated rings. The third kappa shape index (κ3) is 3.85. The summed E-state index contributed by atoms with van der Waals surface area (Å²) in [7, 11) is 0. The van der Waals surface area contributed by atoms with Crippen LogP contribution in [0.5, 0.6) is 0 Å². The molecule has 1 aromatic rings. The molecule has 0 aromatic heterocycles. The van der Waals surface area contributed by atoms with E-state index in [0.29, 0.717) is 0 Å². The smallest absolute Gasteiger partial charge is 0.0205 e. The molecular formula is C16H25N. The van der Waals surface area contributed by atoms with Crippen molar-refractivity contribution in [2.75, 3.05) is 6.54 Å². The number of aryl methyl sites for hydroxylation is 2. The number of hydrogen-bond acceptors (Lipinski definition) is 1. The van der Waals surface area contributed by atoms with Crippen LogP contribution >= 0.6 is 0 Å². The van der Waals surface area contributed by atoms with Gasteiger partial charge in [-0.1, -0.05) is 43.9 Å². The van der Waals surface area contributed by atoms with E-state index in [-0.39, 0.29) is 0 Å². The van der Waals surface area contributed by atoms with Gasteiger partial charge in [-0.15, -0.1) is 0 Å². The van der Waals surface area contributed by atoms with Gasteiger partial charge < -0.3 is 5.32 Å². The summed E-state index contributed by atoms with van der Waals surface area (Å²) in [4.78, 5) is 0. The first kappa shape index (κ1) is 12.6. The lowest BCUT2D eigenvalue weighted by Gasteiger charge is -2.10. The summed E-state index contributed by atoms with van der Waals surface area (Å²) in [6, 6.07) is 6.77. The minimum absolute atomic E-state index is 1.00. The first-order valence-electron chi connectivity index (χ1n) is 7.02. The number of benzene rings is 1. The van der Waals surface area contributed by atoms with Crippen LogP contribution in [0, 0.1) is 19.8 Å². The fourth-order valence-electron chi connectivity index (χ4n) is 2.75. The summed E-state index contributed by atoms with van der Waals surface area (Å²) in [5.74, 6) is 1.00. The molecule has 1 saturated carbocycles. The standard InChI is InChI=1S/C16H25N/c1-13-7-8-16(11-14(13)2)12-17-10-9-15-5-3-4-6-15/h7-8,11,15,17H,3-6,9-10,12H2,1-2H3. The van der Waals surface area contributed by atoms with Gasteiger partial charge in [-0.05, 0) is 49.4 Å². The van der Waals surface area contributed by atoms with E-state index < -0.39 is 0 Å². The highest BCUT2D eigenvalue weighted by molar-refractivity contribution is 5.29. The molecule has 0 unspecified atom stereocenters. The van der Waals surface area contributed by atoms with E-state index in [1.807, 2.05) is 0 Å². The molecule has 0 spiro atoms. The fraction of sp³-hybridized carbons (Fsp3) is 0.625. The SMILES string of the molecule is Cc1ccc(CNCCC2CCCC2)cc1C. The van der Waals surface area contributed by atoms with Crippen molar-refractivity contribution in [3.05, 3.63) is 34.9 Å². The molecule has 0 atom stereocenters. The normalized spacial score (nSPS) is 16.6. The van der Waals surface area contributed by atoms with Gasteiger partial charge in [0.1, 0.15) is 0 Å². The molecule has 0 saturated heterocycles. The summed E-state index contributed by atoms with van der Waals surface area (Å²) >= 11 is 0. The van der Waals surface area contributed by atoms with E-state index in [9.17, 15) is 0 Å². The van der Waals surface area contributed by atoms with Gasteiger partial charge in [0.25, 0.3) is 0 Å². The van der Waals surface area contributed by atoms with Crippen molar-refractivity contribution in [1.29, 1.82) is 0 Å². The Bertz CT molecular complexity index is 351. The van der Waals surface area contributed by atoms with Gasteiger partial charge in [-0.3, -0.25) is 0 Å². The van der Waals surface area contributed by atoms with Crippen LogP contribution in [0.15, 0.2) is 18.2 Å². The van der Waals surface area contributed by atoms with E-state index >= 15 is 0 Å². The van der Waals surface area contributed by atoms with Gasteiger partial charge in [0.2, 0.25) is 0 Å². The minimum Gasteiger partial charge on any atom is -0.313 e. The molecule has 0 heterocycles. The minimum atomic E-state index is 1.00. The van der Waals surface area contributed by atoms with E-state index in [0.717, 1.165) is 12.5 Å². The largest absolute Gasteiger partial charge is 0.313 e. The lowest BCUT2D eigenvalue weighted by molar-refractivity contribution is 0.477. The Morgan fingerprint density at radius 1 is 1.12 bits per heavy atom. The predicted molar refractivity (Wildman–Crippen MR) is 74.2 cm³/mol. The maximum Gasteiger partial charge on any atom is 0.0205 e. The topological polar surface area (TPSA) is 12.0 Å². The molecule has 0 radical (unpaired) electrons. The van der Waals surface area contributed by atoms with Crippen molar-refractivity contribution in [3.8, 4) is 0 Å². The highest BCUT2D eigenvalue weighted by Crippen LogP contribution is 2.26. The van der Waals surface area contributed by atoms with Crippen molar-refractivity contribution >= 4 is 0 Å². The Kier molecular flexibility index (Phi) is 4.61. The highest BCUT2D eigenvalue weighted by atomic mass is 14.8. The molecular weight excluding hydrogens is 206 g/mol. The van der Waals surface area contributed by atoms with Crippen LogP contribution in [0.4, 0.5) is 0 Å². The third-order valence-corrected chi connectivity index (χ3v) is 4.10. The van der Waals surface area contributed by atoms with Crippen molar-refractivity contribution < 1.29 is 0 Å². The van der Waals surface area contributed by atoms with Gasteiger partial charge in [0.15, 0.2) is 0 Å². The average Bonchev–Trinajstić information content (AvgIpc) is 2.82. The maximum atomic E-state index is 3.58. The Hall–Kier alpha value is -0.820. The van der Waals surface area contributed by atoms with Crippen LogP contribution in [0.25, 0.3) is 0 Å². The second-order valence-corrected chi connectivity index (χ2v) is 5.53. The lowest BCUT2D eigenvalue weighted by atomic mass is 10.0. The number of hydrogen-bond donors (Lipinski definition) is 1. The van der Waals surface area contributed by atoms with Crippen LogP contribution in [0.2, 0.25) is 0 Å². The van der Waals surface area contributed by atoms with Crippen LogP contribution < -0.4 is 5.32 Å². The summed E-state index contributed by atoms with van der Waals surface area (Å²) in [5.41, 5.74) is 4.21. The van der Waals surface area contributed by atoms with Crippen LogP contribution in [-0.2, 0) is 6.54 Å². The van der Waals surface area contributed by atoms with Crippen molar-refractivity contribution in [2.24, 2.45) is 5.92 Å². The Balaban J connectivity index is 1.68. The number of rotatable bonds is 5. The quantitative estimate of drug-likeness (QED) is 0.756. The van der Waals surface area contributed by atoms with Crippen LogP contribution in [0.1, 0.15) is 48.8 Å². The molecule has 2 rings (SSSR count). The van der Waals surface area contributed by atoms with Crippen LogP contribution in [-0.4, -0.2) is 6.54 Å². The molecule has 0 bridgehead atoms. The predicted octanol–water partition coefficient (Wildman–Crippen LogP) is 3.97. The van der Waals surface area contributed by atoms with Gasteiger partial charge >= 0.3 is 0 Å². The average molecular weight is 231 g/mol. The van der Waals surface area contributed by atoms with Crippen molar-refractivity contribution in [2.45, 2.75) is 52.5 Å². The summed E-state index contributed by atoms with van der Waals surface area (Å²) in [5, 5.41) is 3.58. The Labute approximate surface area is 106 Å². The van der Waals surface area contributed by atoms with Crippen molar-refractivity contribution in [1.82, 2.24) is 5.32 Å². The Morgan fingerprint density at radius 3 is 2.59 bits per heavy atom. The zero-order chi connectivity index (χ0) is 12.1. The first-order valence-corrected chi connectivity index (χ1v) is 7.02. The fourth-order valence-corrected chi connectivity index (χ4v) is 2.75. The van der Waals surface area contributed by atoms with Gasteiger partial charge in [0, 0.05) is 6.54 Å². The Morgan fingerprint density at radius 2 is 1.88 bits per heavy atom. The molecule has 1 aromatic carbocycles. The van der Waals surface area contributed by atoms with E-state index in [1.165, 1.54) is 55.3 Å². The molecule has 17 heavy (non-hydrogen) atoms. The zero-order valence-electron chi connectivity index (χ0n) is 11.3. The van der Waals surface area contributed by atoms with Gasteiger partial charge in [-0.2, -0.15) is 0 Å². The van der Waals surface area contributed by atoms with Crippen molar-refractivity contribution in [3.63, 3.8) is 0 Å². The molecule has 1 nitrogen and oxygen atoms in total. The lowest BCUT2D eigenvalue weighted by Crippen LogP contribution is -2.17. The molecule has 0 amide bonds. The highest BCUT2D eigenvalue weighted by Gasteiger charge is 2.13. The first-order chi connectivity index (χ1) is 8.25. The molecule has 0 aliphatic heterocycles. The zero-order valence-corrected chi connectivity index (χ0v) is 11.3. The molecule has 1 aliphatic carbocycles. The second-order valence-electron chi connectivity index (χ2n) is 5.53. The molecule has 1 N–H and O–H groups in total. The molecule has 1 aliphatic rings. The monoisotopic (exact) mass is 231 g/mol.